The van der Waals surface area contributed by atoms with Crippen LogP contribution >= 0.6 is 0 Å². The summed E-state index contributed by atoms with van der Waals surface area (Å²) in [5.74, 6) is 1.71. The van der Waals surface area contributed by atoms with Crippen LogP contribution in [0.5, 0.6) is 17.4 Å². The van der Waals surface area contributed by atoms with Crippen molar-refractivity contribution < 1.29 is 9.84 Å². The lowest BCUT2D eigenvalue weighted by atomic mass is 10.0. The number of nitrogens with one attached hydrogen (secondary N) is 1. The molecule has 0 saturated carbocycles. The van der Waals surface area contributed by atoms with E-state index in [1.54, 1.807) is 0 Å². The molecule has 0 atom stereocenters. The fourth-order valence-electron chi connectivity index (χ4n) is 4.16. The third-order valence-electron chi connectivity index (χ3n) is 5.80. The lowest BCUT2D eigenvalue weighted by Crippen LogP contribution is -1.86. The fourth-order valence-corrected chi connectivity index (χ4v) is 4.16. The van der Waals surface area contributed by atoms with Gasteiger partial charge in [0.15, 0.2) is 5.88 Å². The van der Waals surface area contributed by atoms with Crippen LogP contribution in [0.3, 0.4) is 0 Å². The molecule has 0 bridgehead atoms. The van der Waals surface area contributed by atoms with E-state index in [1.807, 2.05) is 103 Å². The van der Waals surface area contributed by atoms with Crippen molar-refractivity contribution in [1.82, 2.24) is 9.97 Å². The van der Waals surface area contributed by atoms with Crippen molar-refractivity contribution in [1.29, 1.82) is 0 Å². The minimum absolute atomic E-state index is 0.122. The van der Waals surface area contributed by atoms with Crippen molar-refractivity contribution in [2.24, 2.45) is 0 Å². The van der Waals surface area contributed by atoms with Gasteiger partial charge in [-0.1, -0.05) is 60.7 Å². The predicted octanol–water partition coefficient (Wildman–Crippen LogP) is 7.55. The first kappa shape index (κ1) is 19.1. The maximum absolute atomic E-state index is 10.7. The number of aromatic hydroxyl groups is 1. The molecular formula is C29H20N2O2. The van der Waals surface area contributed by atoms with Crippen LogP contribution in [0.2, 0.25) is 0 Å². The first-order valence-electron chi connectivity index (χ1n) is 10.8. The molecule has 0 aliphatic heterocycles. The smallest absolute Gasteiger partial charge is 0.199 e. The van der Waals surface area contributed by atoms with Crippen LogP contribution in [-0.2, 0) is 0 Å². The standard InChI is InChI=1S/C29H20N2O2/c32-29-28(27-17-12-20-6-4-5-9-25(20)30-27)24-18-21(13-16-26(24)31-29)19-10-14-23(15-11-19)33-22-7-2-1-3-8-22/h1-18,31-32H. The van der Waals surface area contributed by atoms with Crippen molar-refractivity contribution in [3.63, 3.8) is 0 Å². The number of hydrogen-bond acceptors (Lipinski definition) is 3. The number of fused-ring (bicyclic) bond motifs is 2. The number of nitrogens with zero attached hydrogens (tertiary/aromatic N) is 1. The van der Waals surface area contributed by atoms with Crippen LogP contribution in [0.1, 0.15) is 0 Å². The number of aromatic amines is 1. The van der Waals surface area contributed by atoms with E-state index >= 15 is 0 Å². The number of hydrogen-bond donors (Lipinski definition) is 2. The molecule has 4 heteroatoms. The van der Waals surface area contributed by atoms with Crippen molar-refractivity contribution in [3.05, 3.63) is 109 Å². The Hall–Kier alpha value is -4.57. The zero-order chi connectivity index (χ0) is 22.2. The van der Waals surface area contributed by atoms with E-state index < -0.39 is 0 Å². The van der Waals surface area contributed by atoms with Gasteiger partial charge in [-0.15, -0.1) is 0 Å². The zero-order valence-corrected chi connectivity index (χ0v) is 17.7. The SMILES string of the molecule is Oc1[nH]c2ccc(-c3ccc(Oc4ccccc4)cc3)cc2c1-c1ccc2ccccc2n1. The van der Waals surface area contributed by atoms with Crippen molar-refractivity contribution in [2.75, 3.05) is 0 Å². The Kier molecular flexibility index (Phi) is 4.55. The minimum Gasteiger partial charge on any atom is -0.494 e. The highest BCUT2D eigenvalue weighted by Gasteiger charge is 2.15. The van der Waals surface area contributed by atoms with E-state index in [2.05, 4.69) is 11.1 Å². The summed E-state index contributed by atoms with van der Waals surface area (Å²) in [5.41, 5.74) is 5.33. The molecule has 2 N–H and O–H groups in total. The van der Waals surface area contributed by atoms with E-state index in [0.717, 1.165) is 50.1 Å². The van der Waals surface area contributed by atoms with Gasteiger partial charge in [-0.25, -0.2) is 4.98 Å². The molecule has 158 valence electrons. The summed E-state index contributed by atoms with van der Waals surface area (Å²) in [6.45, 7) is 0. The van der Waals surface area contributed by atoms with E-state index in [1.165, 1.54) is 0 Å². The van der Waals surface area contributed by atoms with Crippen molar-refractivity contribution in [3.8, 4) is 39.8 Å². The number of pyridine rings is 1. The van der Waals surface area contributed by atoms with E-state index in [0.29, 0.717) is 5.56 Å². The van der Waals surface area contributed by atoms with Crippen LogP contribution in [0.4, 0.5) is 0 Å². The van der Waals surface area contributed by atoms with Crippen LogP contribution in [0, 0.1) is 0 Å². The summed E-state index contributed by atoms with van der Waals surface area (Å²) in [7, 11) is 0. The molecule has 0 spiro atoms. The Morgan fingerprint density at radius 1 is 0.667 bits per heavy atom. The quantitative estimate of drug-likeness (QED) is 0.305. The third kappa shape index (κ3) is 3.58. The summed E-state index contributed by atoms with van der Waals surface area (Å²) < 4.78 is 5.91. The largest absolute Gasteiger partial charge is 0.494 e. The highest BCUT2D eigenvalue weighted by atomic mass is 16.5. The van der Waals surface area contributed by atoms with Crippen LogP contribution in [0.25, 0.3) is 44.2 Å². The fraction of sp³-hybridized carbons (Fsp3) is 0. The highest BCUT2D eigenvalue weighted by Crippen LogP contribution is 2.38. The number of para-hydroxylation sites is 2. The van der Waals surface area contributed by atoms with Gasteiger partial charge in [0.05, 0.1) is 16.8 Å². The van der Waals surface area contributed by atoms with Crippen LogP contribution in [-0.4, -0.2) is 15.1 Å². The third-order valence-corrected chi connectivity index (χ3v) is 5.80. The Bertz CT molecular complexity index is 1590. The molecule has 2 heterocycles. The predicted molar refractivity (Wildman–Crippen MR) is 133 cm³/mol. The zero-order valence-electron chi connectivity index (χ0n) is 17.7. The van der Waals surface area contributed by atoms with Gasteiger partial charge >= 0.3 is 0 Å². The van der Waals surface area contributed by atoms with Gasteiger partial charge in [-0.05, 0) is 59.7 Å². The molecule has 6 aromatic rings. The number of aromatic nitrogens is 2. The Balaban J connectivity index is 1.38. The topological polar surface area (TPSA) is 58.1 Å². The first-order chi connectivity index (χ1) is 16.2. The number of ether oxygens (including phenoxy) is 1. The second-order valence-corrected chi connectivity index (χ2v) is 7.94. The Morgan fingerprint density at radius 3 is 2.24 bits per heavy atom. The van der Waals surface area contributed by atoms with Crippen LogP contribution < -0.4 is 4.74 Å². The van der Waals surface area contributed by atoms with Gasteiger partial charge < -0.3 is 14.8 Å². The van der Waals surface area contributed by atoms with Gasteiger partial charge in [0, 0.05) is 16.3 Å². The molecule has 6 rings (SSSR count). The molecular weight excluding hydrogens is 408 g/mol. The molecule has 33 heavy (non-hydrogen) atoms. The van der Waals surface area contributed by atoms with Gasteiger partial charge in [0.2, 0.25) is 0 Å². The van der Waals surface area contributed by atoms with E-state index in [4.69, 9.17) is 9.72 Å². The van der Waals surface area contributed by atoms with Gasteiger partial charge in [0.1, 0.15) is 11.5 Å². The van der Waals surface area contributed by atoms with Crippen LogP contribution in [0.15, 0.2) is 109 Å². The Labute approximate surface area is 190 Å². The first-order valence-corrected chi connectivity index (χ1v) is 10.8. The summed E-state index contributed by atoms with van der Waals surface area (Å²) in [6.07, 6.45) is 0. The molecule has 0 aliphatic carbocycles. The molecule has 4 nitrogen and oxygen atoms in total. The maximum atomic E-state index is 10.7. The monoisotopic (exact) mass is 428 g/mol. The summed E-state index contributed by atoms with van der Waals surface area (Å²) in [5, 5.41) is 12.7. The molecule has 0 aliphatic rings. The summed E-state index contributed by atoms with van der Waals surface area (Å²) >= 11 is 0. The molecule has 4 aromatic carbocycles. The summed E-state index contributed by atoms with van der Waals surface area (Å²) in [6, 6.07) is 35.8. The highest BCUT2D eigenvalue weighted by molar-refractivity contribution is 6.01. The van der Waals surface area contributed by atoms with Gasteiger partial charge in [-0.3, -0.25) is 0 Å². The number of benzene rings is 4. The van der Waals surface area contributed by atoms with Crippen molar-refractivity contribution >= 4 is 21.8 Å². The van der Waals surface area contributed by atoms with E-state index in [9.17, 15) is 5.11 Å². The van der Waals surface area contributed by atoms with Gasteiger partial charge in [-0.2, -0.15) is 0 Å². The molecule has 0 unspecified atom stereocenters. The second-order valence-electron chi connectivity index (χ2n) is 7.94. The summed E-state index contributed by atoms with van der Waals surface area (Å²) in [4.78, 5) is 7.87. The van der Waals surface area contributed by atoms with Gasteiger partial charge in [0.25, 0.3) is 0 Å². The molecule has 0 saturated heterocycles. The second kappa shape index (κ2) is 7.84. The lowest BCUT2D eigenvalue weighted by Gasteiger charge is -2.08. The molecule has 0 fully saturated rings. The average Bonchev–Trinajstić information content (AvgIpc) is 3.19. The minimum atomic E-state index is 0.122. The van der Waals surface area contributed by atoms with Crippen molar-refractivity contribution in [2.45, 2.75) is 0 Å². The molecule has 0 amide bonds. The molecule has 2 aromatic heterocycles. The van der Waals surface area contributed by atoms with E-state index in [-0.39, 0.29) is 5.88 Å². The average molecular weight is 428 g/mol. The molecule has 0 radical (unpaired) electrons. The Morgan fingerprint density at radius 2 is 1.39 bits per heavy atom. The normalized spacial score (nSPS) is 11.2. The maximum Gasteiger partial charge on any atom is 0.199 e. The number of rotatable bonds is 4. The lowest BCUT2D eigenvalue weighted by molar-refractivity contribution is 0.460. The number of H-pyrrole nitrogens is 1.